The molecule has 0 heterocycles. The molecule has 0 saturated heterocycles. The van der Waals surface area contributed by atoms with E-state index in [1.807, 2.05) is 6.07 Å². The molecule has 88 valence electrons. The highest BCUT2D eigenvalue weighted by atomic mass is 16.5. The molecule has 0 N–H and O–H groups in total. The first-order chi connectivity index (χ1) is 7.76. The molecule has 0 radical (unpaired) electrons. The van der Waals surface area contributed by atoms with Gasteiger partial charge in [-0.15, -0.1) is 0 Å². The van der Waals surface area contributed by atoms with Crippen molar-refractivity contribution in [3.63, 3.8) is 0 Å². The maximum atomic E-state index is 10.9. The topological polar surface area (TPSA) is 35.5 Å². The first-order valence-electron chi connectivity index (χ1n) is 5.46. The van der Waals surface area contributed by atoms with Crippen molar-refractivity contribution in [3.05, 3.63) is 23.3 Å². The normalized spacial score (nSPS) is 9.94. The summed E-state index contributed by atoms with van der Waals surface area (Å²) in [4.78, 5) is 10.9. The Labute approximate surface area is 96.4 Å². The lowest BCUT2D eigenvalue weighted by atomic mass is 10.0. The third kappa shape index (κ3) is 2.75. The second kappa shape index (κ2) is 6.16. The molecule has 1 aromatic rings. The van der Waals surface area contributed by atoms with Gasteiger partial charge in [0, 0.05) is 0 Å². The lowest BCUT2D eigenvalue weighted by molar-refractivity contribution is 0.112. The quantitative estimate of drug-likeness (QED) is 0.694. The largest absolute Gasteiger partial charge is 0.497 e. The molecule has 0 bridgehead atoms. The van der Waals surface area contributed by atoms with Gasteiger partial charge in [-0.05, 0) is 30.5 Å². The fourth-order valence-electron chi connectivity index (χ4n) is 1.69. The summed E-state index contributed by atoms with van der Waals surface area (Å²) in [5, 5.41) is 0. The van der Waals surface area contributed by atoms with E-state index in [2.05, 4.69) is 6.92 Å². The maximum absolute atomic E-state index is 10.9. The van der Waals surface area contributed by atoms with E-state index >= 15 is 0 Å². The Bertz CT molecular complexity index is 358. The summed E-state index contributed by atoms with van der Waals surface area (Å²) < 4.78 is 10.4. The van der Waals surface area contributed by atoms with Crippen molar-refractivity contribution in [2.24, 2.45) is 0 Å². The second-order valence-corrected chi connectivity index (χ2v) is 3.63. The molecule has 0 fully saturated rings. The van der Waals surface area contributed by atoms with Gasteiger partial charge in [-0.25, -0.2) is 0 Å². The van der Waals surface area contributed by atoms with E-state index in [1.54, 1.807) is 20.3 Å². The van der Waals surface area contributed by atoms with Gasteiger partial charge in [0.05, 0.1) is 19.8 Å². The standard InChI is InChI=1S/C13H18O3/c1-4-5-6-10-7-12(15-2)8-11(9-14)13(10)16-3/h7-9H,4-6H2,1-3H3. The first-order valence-corrected chi connectivity index (χ1v) is 5.46. The van der Waals surface area contributed by atoms with Gasteiger partial charge in [0.2, 0.25) is 0 Å². The number of aldehydes is 1. The minimum Gasteiger partial charge on any atom is -0.497 e. The van der Waals surface area contributed by atoms with Crippen LogP contribution in [-0.4, -0.2) is 20.5 Å². The molecule has 0 unspecified atom stereocenters. The zero-order valence-electron chi connectivity index (χ0n) is 10.1. The molecule has 0 aromatic heterocycles. The molecular weight excluding hydrogens is 204 g/mol. The minimum atomic E-state index is 0.549. The van der Waals surface area contributed by atoms with Crippen LogP contribution in [0.1, 0.15) is 35.7 Å². The van der Waals surface area contributed by atoms with E-state index in [0.717, 1.165) is 31.1 Å². The molecule has 0 aliphatic rings. The van der Waals surface area contributed by atoms with E-state index in [0.29, 0.717) is 17.1 Å². The van der Waals surface area contributed by atoms with Crippen molar-refractivity contribution in [2.75, 3.05) is 14.2 Å². The summed E-state index contributed by atoms with van der Waals surface area (Å²) in [5.74, 6) is 1.37. The minimum absolute atomic E-state index is 0.549. The van der Waals surface area contributed by atoms with Gasteiger partial charge in [-0.2, -0.15) is 0 Å². The molecule has 1 aromatic carbocycles. The first kappa shape index (κ1) is 12.6. The Balaban J connectivity index is 3.14. The number of carbonyl (C=O) groups is 1. The fourth-order valence-corrected chi connectivity index (χ4v) is 1.69. The highest BCUT2D eigenvalue weighted by Gasteiger charge is 2.11. The van der Waals surface area contributed by atoms with Gasteiger partial charge in [0.25, 0.3) is 0 Å². The van der Waals surface area contributed by atoms with E-state index in [1.165, 1.54) is 0 Å². The van der Waals surface area contributed by atoms with Crippen molar-refractivity contribution in [3.8, 4) is 11.5 Å². The van der Waals surface area contributed by atoms with Gasteiger partial charge in [0.1, 0.15) is 11.5 Å². The number of rotatable bonds is 6. The lowest BCUT2D eigenvalue weighted by Gasteiger charge is -2.12. The predicted molar refractivity (Wildman–Crippen MR) is 63.5 cm³/mol. The average Bonchev–Trinajstić information content (AvgIpc) is 2.34. The number of hydrogen-bond acceptors (Lipinski definition) is 3. The van der Waals surface area contributed by atoms with E-state index in [9.17, 15) is 4.79 Å². The van der Waals surface area contributed by atoms with Gasteiger partial charge >= 0.3 is 0 Å². The highest BCUT2D eigenvalue weighted by Crippen LogP contribution is 2.29. The van der Waals surface area contributed by atoms with Crippen molar-refractivity contribution < 1.29 is 14.3 Å². The lowest BCUT2D eigenvalue weighted by Crippen LogP contribution is -1.99. The molecule has 0 amide bonds. The Morgan fingerprint density at radius 2 is 2.00 bits per heavy atom. The number of carbonyl (C=O) groups excluding carboxylic acids is 1. The molecule has 3 nitrogen and oxygen atoms in total. The number of unbranched alkanes of at least 4 members (excludes halogenated alkanes) is 1. The summed E-state index contributed by atoms with van der Waals surface area (Å²) in [6.45, 7) is 2.13. The summed E-state index contributed by atoms with van der Waals surface area (Å²) in [5.41, 5.74) is 1.58. The number of ether oxygens (including phenoxy) is 2. The molecular formula is C13H18O3. The molecule has 0 aliphatic carbocycles. The highest BCUT2D eigenvalue weighted by molar-refractivity contribution is 5.81. The van der Waals surface area contributed by atoms with Crippen LogP contribution >= 0.6 is 0 Å². The van der Waals surface area contributed by atoms with E-state index in [-0.39, 0.29) is 0 Å². The van der Waals surface area contributed by atoms with Gasteiger partial charge in [-0.1, -0.05) is 13.3 Å². The van der Waals surface area contributed by atoms with Gasteiger partial charge in [-0.3, -0.25) is 4.79 Å². The van der Waals surface area contributed by atoms with Crippen LogP contribution in [0.4, 0.5) is 0 Å². The van der Waals surface area contributed by atoms with Crippen LogP contribution in [0.3, 0.4) is 0 Å². The van der Waals surface area contributed by atoms with Crippen molar-refractivity contribution in [2.45, 2.75) is 26.2 Å². The van der Waals surface area contributed by atoms with Crippen LogP contribution < -0.4 is 9.47 Å². The molecule has 0 aliphatic heterocycles. The fraction of sp³-hybridized carbons (Fsp3) is 0.462. The molecule has 0 atom stereocenters. The number of benzene rings is 1. The van der Waals surface area contributed by atoms with Crippen LogP contribution in [0.15, 0.2) is 12.1 Å². The number of methoxy groups -OCH3 is 2. The van der Waals surface area contributed by atoms with E-state index < -0.39 is 0 Å². The average molecular weight is 222 g/mol. The number of hydrogen-bond donors (Lipinski definition) is 0. The summed E-state index contributed by atoms with van der Waals surface area (Å²) in [6, 6.07) is 3.63. The second-order valence-electron chi connectivity index (χ2n) is 3.63. The number of aryl methyl sites for hydroxylation is 1. The van der Waals surface area contributed by atoms with Gasteiger partial charge in [0.15, 0.2) is 6.29 Å². The van der Waals surface area contributed by atoms with Crippen LogP contribution in [0, 0.1) is 0 Å². The summed E-state index contributed by atoms with van der Waals surface area (Å²) in [6.07, 6.45) is 3.88. The molecule has 16 heavy (non-hydrogen) atoms. The zero-order valence-corrected chi connectivity index (χ0v) is 10.1. The van der Waals surface area contributed by atoms with Crippen LogP contribution in [0.5, 0.6) is 11.5 Å². The van der Waals surface area contributed by atoms with Crippen molar-refractivity contribution >= 4 is 6.29 Å². The monoisotopic (exact) mass is 222 g/mol. The van der Waals surface area contributed by atoms with Crippen molar-refractivity contribution in [1.29, 1.82) is 0 Å². The summed E-state index contributed by atoms with van der Waals surface area (Å²) >= 11 is 0. The molecule has 1 rings (SSSR count). The molecule has 0 saturated carbocycles. The third-order valence-electron chi connectivity index (χ3n) is 2.53. The van der Waals surface area contributed by atoms with Crippen LogP contribution in [0.2, 0.25) is 0 Å². The van der Waals surface area contributed by atoms with Gasteiger partial charge < -0.3 is 9.47 Å². The maximum Gasteiger partial charge on any atom is 0.153 e. The van der Waals surface area contributed by atoms with Crippen LogP contribution in [0.25, 0.3) is 0 Å². The van der Waals surface area contributed by atoms with Crippen LogP contribution in [-0.2, 0) is 6.42 Å². The Hall–Kier alpha value is -1.51. The molecule has 0 spiro atoms. The third-order valence-corrected chi connectivity index (χ3v) is 2.53. The predicted octanol–water partition coefficient (Wildman–Crippen LogP) is 2.86. The zero-order chi connectivity index (χ0) is 12.0. The summed E-state index contributed by atoms with van der Waals surface area (Å²) in [7, 11) is 3.18. The SMILES string of the molecule is CCCCc1cc(OC)cc(C=O)c1OC. The van der Waals surface area contributed by atoms with E-state index in [4.69, 9.17) is 9.47 Å². The molecule has 3 heteroatoms. The van der Waals surface area contributed by atoms with Crippen molar-refractivity contribution in [1.82, 2.24) is 0 Å². The Morgan fingerprint density at radius 3 is 2.50 bits per heavy atom. The smallest absolute Gasteiger partial charge is 0.153 e. The Morgan fingerprint density at radius 1 is 1.25 bits per heavy atom. The Kier molecular flexibility index (Phi) is 4.83.